The lowest BCUT2D eigenvalue weighted by Crippen LogP contribution is -2.45. The Bertz CT molecular complexity index is 677. The normalized spacial score (nSPS) is 18.1. The summed E-state index contributed by atoms with van der Waals surface area (Å²) in [7, 11) is 0. The van der Waals surface area contributed by atoms with Gasteiger partial charge >= 0.3 is 0 Å². The topological polar surface area (TPSA) is 78.9 Å². The zero-order chi connectivity index (χ0) is 21.2. The summed E-state index contributed by atoms with van der Waals surface area (Å²) in [5.74, 6) is 2.22. The Balaban J connectivity index is 1.94. The molecule has 7 heteroatoms. The van der Waals surface area contributed by atoms with Crippen LogP contribution in [0.25, 0.3) is 0 Å². The smallest absolute Gasteiger partial charge is 0.222 e. The first kappa shape index (κ1) is 23.0. The van der Waals surface area contributed by atoms with E-state index in [0.717, 1.165) is 44.0 Å². The first-order valence-corrected chi connectivity index (χ1v) is 10.8. The fourth-order valence-corrected chi connectivity index (χ4v) is 3.54. The third kappa shape index (κ3) is 7.91. The van der Waals surface area contributed by atoms with Crippen molar-refractivity contribution in [3.63, 3.8) is 0 Å². The van der Waals surface area contributed by atoms with Crippen molar-refractivity contribution in [2.24, 2.45) is 10.9 Å². The predicted octanol–water partition coefficient (Wildman–Crippen LogP) is 2.96. The second-order valence-corrected chi connectivity index (χ2v) is 8.08. The Kier molecular flexibility index (Phi) is 9.22. The van der Waals surface area contributed by atoms with Crippen molar-refractivity contribution >= 4 is 11.9 Å². The van der Waals surface area contributed by atoms with Crippen molar-refractivity contribution in [2.45, 2.75) is 72.6 Å². The highest BCUT2D eigenvalue weighted by atomic mass is 16.5. The monoisotopic (exact) mass is 403 g/mol. The van der Waals surface area contributed by atoms with Gasteiger partial charge in [-0.05, 0) is 44.2 Å². The molecule has 2 atom stereocenters. The molecule has 7 nitrogen and oxygen atoms in total. The Morgan fingerprint density at radius 3 is 2.86 bits per heavy atom. The van der Waals surface area contributed by atoms with Crippen LogP contribution in [0.2, 0.25) is 0 Å². The number of guanidine groups is 1. The summed E-state index contributed by atoms with van der Waals surface area (Å²) in [5, 5.41) is 6.76. The van der Waals surface area contributed by atoms with Crippen molar-refractivity contribution in [3.05, 3.63) is 23.9 Å². The molecule has 1 aromatic rings. The molecule has 162 valence electrons. The predicted molar refractivity (Wildman–Crippen MR) is 117 cm³/mol. The Labute approximate surface area is 175 Å². The van der Waals surface area contributed by atoms with E-state index in [2.05, 4.69) is 36.4 Å². The molecule has 0 aromatic carbocycles. The SMILES string of the molecule is CCNC(=NCc1ccnc(OC(C)CC(C)C)c1)NC1CCN(C(=O)CC)C1. The van der Waals surface area contributed by atoms with Gasteiger partial charge in [-0.15, -0.1) is 0 Å². The molecule has 0 bridgehead atoms. The minimum atomic E-state index is 0.136. The minimum Gasteiger partial charge on any atom is -0.475 e. The van der Waals surface area contributed by atoms with Crippen molar-refractivity contribution in [1.82, 2.24) is 20.5 Å². The first-order chi connectivity index (χ1) is 13.9. The van der Waals surface area contributed by atoms with E-state index in [9.17, 15) is 4.79 Å². The molecular weight excluding hydrogens is 366 g/mol. The van der Waals surface area contributed by atoms with E-state index >= 15 is 0 Å². The average Bonchev–Trinajstić information content (AvgIpc) is 3.14. The van der Waals surface area contributed by atoms with Gasteiger partial charge in [0.05, 0.1) is 12.6 Å². The summed E-state index contributed by atoms with van der Waals surface area (Å²) < 4.78 is 5.94. The third-order valence-electron chi connectivity index (χ3n) is 4.87. The van der Waals surface area contributed by atoms with Crippen LogP contribution in [-0.4, -0.2) is 53.5 Å². The van der Waals surface area contributed by atoms with Crippen LogP contribution in [-0.2, 0) is 11.3 Å². The Hall–Kier alpha value is -2.31. The number of pyridine rings is 1. The maximum atomic E-state index is 11.9. The van der Waals surface area contributed by atoms with Crippen LogP contribution in [0.3, 0.4) is 0 Å². The van der Waals surface area contributed by atoms with Crippen LogP contribution in [0.1, 0.15) is 59.4 Å². The quantitative estimate of drug-likeness (QED) is 0.490. The summed E-state index contributed by atoms with van der Waals surface area (Å²) in [4.78, 5) is 22.8. The largest absolute Gasteiger partial charge is 0.475 e. The maximum Gasteiger partial charge on any atom is 0.222 e. The van der Waals surface area contributed by atoms with Gasteiger partial charge in [-0.3, -0.25) is 4.79 Å². The van der Waals surface area contributed by atoms with Crippen LogP contribution in [0.5, 0.6) is 5.88 Å². The van der Waals surface area contributed by atoms with Crippen LogP contribution in [0.15, 0.2) is 23.3 Å². The van der Waals surface area contributed by atoms with E-state index in [1.54, 1.807) is 6.20 Å². The number of aliphatic imine (C=N–C) groups is 1. The summed E-state index contributed by atoms with van der Waals surface area (Å²) in [6, 6.07) is 4.15. The Morgan fingerprint density at radius 2 is 2.17 bits per heavy atom. The zero-order valence-corrected chi connectivity index (χ0v) is 18.6. The van der Waals surface area contributed by atoms with E-state index in [-0.39, 0.29) is 18.1 Å². The molecule has 1 aliphatic rings. The first-order valence-electron chi connectivity index (χ1n) is 10.8. The number of likely N-dealkylation sites (tertiary alicyclic amines) is 1. The van der Waals surface area contributed by atoms with Gasteiger partial charge in [0.25, 0.3) is 0 Å². The molecule has 0 saturated carbocycles. The van der Waals surface area contributed by atoms with E-state index in [4.69, 9.17) is 9.73 Å². The van der Waals surface area contributed by atoms with E-state index in [1.807, 2.05) is 30.9 Å². The molecule has 1 aromatic heterocycles. The van der Waals surface area contributed by atoms with Crippen molar-refractivity contribution in [2.75, 3.05) is 19.6 Å². The lowest BCUT2D eigenvalue weighted by molar-refractivity contribution is -0.129. The number of rotatable bonds is 9. The number of aromatic nitrogens is 1. The van der Waals surface area contributed by atoms with Crippen LogP contribution < -0.4 is 15.4 Å². The number of nitrogens with zero attached hydrogens (tertiary/aromatic N) is 3. The second kappa shape index (κ2) is 11.6. The summed E-state index contributed by atoms with van der Waals surface area (Å²) in [6.07, 6.45) is 4.40. The number of carbonyl (C=O) groups is 1. The van der Waals surface area contributed by atoms with Crippen LogP contribution >= 0.6 is 0 Å². The summed E-state index contributed by atoms with van der Waals surface area (Å²) >= 11 is 0. The van der Waals surface area contributed by atoms with Crippen molar-refractivity contribution in [1.29, 1.82) is 0 Å². The van der Waals surface area contributed by atoms with E-state index < -0.39 is 0 Å². The second-order valence-electron chi connectivity index (χ2n) is 8.08. The van der Waals surface area contributed by atoms with Gasteiger partial charge in [-0.1, -0.05) is 20.8 Å². The Morgan fingerprint density at radius 1 is 1.38 bits per heavy atom. The highest BCUT2D eigenvalue weighted by molar-refractivity contribution is 5.80. The van der Waals surface area contributed by atoms with Gasteiger partial charge in [0.2, 0.25) is 11.8 Å². The van der Waals surface area contributed by atoms with E-state index in [0.29, 0.717) is 24.8 Å². The number of amides is 1. The van der Waals surface area contributed by atoms with Gasteiger partial charge in [-0.2, -0.15) is 0 Å². The molecule has 2 heterocycles. The van der Waals surface area contributed by atoms with Gasteiger partial charge in [0.15, 0.2) is 5.96 Å². The fourth-order valence-electron chi connectivity index (χ4n) is 3.54. The molecular formula is C22H37N5O2. The van der Waals surface area contributed by atoms with Gasteiger partial charge < -0.3 is 20.3 Å². The van der Waals surface area contributed by atoms with Gasteiger partial charge in [0, 0.05) is 44.4 Å². The number of ether oxygens (including phenoxy) is 1. The zero-order valence-electron chi connectivity index (χ0n) is 18.6. The molecule has 0 aliphatic carbocycles. The minimum absolute atomic E-state index is 0.136. The third-order valence-corrected chi connectivity index (χ3v) is 4.87. The number of carbonyl (C=O) groups excluding carboxylic acids is 1. The molecule has 1 aliphatic heterocycles. The molecule has 2 N–H and O–H groups in total. The molecule has 2 unspecified atom stereocenters. The summed E-state index contributed by atoms with van der Waals surface area (Å²) in [6.45, 7) is 13.3. The van der Waals surface area contributed by atoms with Gasteiger partial charge in [0.1, 0.15) is 0 Å². The van der Waals surface area contributed by atoms with Crippen LogP contribution in [0, 0.1) is 5.92 Å². The average molecular weight is 404 g/mol. The van der Waals surface area contributed by atoms with Crippen molar-refractivity contribution in [3.8, 4) is 5.88 Å². The highest BCUT2D eigenvalue weighted by Crippen LogP contribution is 2.15. The molecule has 1 fully saturated rings. The fraction of sp³-hybridized carbons (Fsp3) is 0.682. The number of nitrogens with one attached hydrogen (secondary N) is 2. The highest BCUT2D eigenvalue weighted by Gasteiger charge is 2.25. The molecule has 0 spiro atoms. The molecule has 1 amide bonds. The molecule has 29 heavy (non-hydrogen) atoms. The molecule has 2 rings (SSSR count). The lowest BCUT2D eigenvalue weighted by Gasteiger charge is -2.19. The maximum absolute atomic E-state index is 11.9. The standard InChI is InChI=1S/C22H37N5O2/c1-6-21(28)27-11-9-19(15-27)26-22(23-7-2)25-14-18-8-10-24-20(13-18)29-17(5)12-16(3)4/h8,10,13,16-17,19H,6-7,9,11-12,14-15H2,1-5H3,(H2,23,25,26). The number of hydrogen-bond acceptors (Lipinski definition) is 4. The van der Waals surface area contributed by atoms with Crippen LogP contribution in [0.4, 0.5) is 0 Å². The molecule has 0 radical (unpaired) electrons. The molecule has 1 saturated heterocycles. The number of hydrogen-bond donors (Lipinski definition) is 2. The van der Waals surface area contributed by atoms with E-state index in [1.165, 1.54) is 0 Å². The van der Waals surface area contributed by atoms with Crippen molar-refractivity contribution < 1.29 is 9.53 Å². The lowest BCUT2D eigenvalue weighted by atomic mass is 10.1. The summed E-state index contributed by atoms with van der Waals surface area (Å²) in [5.41, 5.74) is 1.05. The van der Waals surface area contributed by atoms with Gasteiger partial charge in [-0.25, -0.2) is 9.98 Å².